The second-order valence-corrected chi connectivity index (χ2v) is 15.8. The van der Waals surface area contributed by atoms with Crippen molar-refractivity contribution in [1.29, 1.82) is 0 Å². The summed E-state index contributed by atoms with van der Waals surface area (Å²) in [4.78, 5) is 49.2. The first-order chi connectivity index (χ1) is 29.8. The van der Waals surface area contributed by atoms with E-state index in [0.29, 0.717) is 31.3 Å². The lowest BCUT2D eigenvalue weighted by Gasteiger charge is -2.33. The van der Waals surface area contributed by atoms with Crippen LogP contribution in [-0.4, -0.2) is 93.8 Å². The Hall–Kier alpha value is -6.08. The molecule has 2 aromatic heterocycles. The number of nitrogens with zero attached hydrogens (tertiary/aromatic N) is 5. The number of likely N-dealkylation sites (N-methyl/N-ethyl adjacent to an activating group) is 1. The van der Waals surface area contributed by atoms with Gasteiger partial charge in [-0.2, -0.15) is 0 Å². The lowest BCUT2D eigenvalue weighted by Crippen LogP contribution is -2.43. The molecule has 0 spiro atoms. The molecule has 318 valence electrons. The number of carbonyl (C=O) groups is 2. The topological polar surface area (TPSA) is 129 Å². The summed E-state index contributed by atoms with van der Waals surface area (Å²) in [7, 11) is 5.52. The third-order valence-electron chi connectivity index (χ3n) is 11.2. The van der Waals surface area contributed by atoms with Crippen LogP contribution in [0.4, 0.5) is 4.79 Å². The van der Waals surface area contributed by atoms with Crippen LogP contribution in [0.2, 0.25) is 0 Å². The van der Waals surface area contributed by atoms with E-state index in [4.69, 9.17) is 14.2 Å². The van der Waals surface area contributed by atoms with Crippen molar-refractivity contribution in [2.24, 2.45) is 5.92 Å². The first-order valence-corrected chi connectivity index (χ1v) is 21.2. The average Bonchev–Trinajstić information content (AvgIpc) is 3.98. The molecule has 3 heterocycles. The Bertz CT molecular complexity index is 2270. The van der Waals surface area contributed by atoms with Crippen LogP contribution in [0, 0.1) is 5.92 Å². The van der Waals surface area contributed by atoms with Gasteiger partial charge in [-0.1, -0.05) is 116 Å². The summed E-state index contributed by atoms with van der Waals surface area (Å²) in [5.74, 6) is 1.82. The Labute approximate surface area is 358 Å². The van der Waals surface area contributed by atoms with E-state index in [0.717, 1.165) is 83.1 Å². The smallest absolute Gasteiger partial charge is 0.412 e. The third-order valence-corrected chi connectivity index (χ3v) is 11.2. The van der Waals surface area contributed by atoms with Gasteiger partial charge in [0.1, 0.15) is 30.5 Å². The third kappa shape index (κ3) is 11.2. The van der Waals surface area contributed by atoms with Gasteiger partial charge in [-0.3, -0.25) is 14.6 Å². The minimum absolute atomic E-state index is 0.0551. The van der Waals surface area contributed by atoms with E-state index in [1.54, 1.807) is 18.2 Å². The monoisotopic (exact) mass is 823 g/mol. The molecule has 0 saturated carbocycles. The van der Waals surface area contributed by atoms with Crippen LogP contribution < -0.4 is 0 Å². The van der Waals surface area contributed by atoms with E-state index in [1.165, 1.54) is 0 Å². The van der Waals surface area contributed by atoms with Crippen LogP contribution >= 0.6 is 0 Å². The van der Waals surface area contributed by atoms with Gasteiger partial charge in [0.2, 0.25) is 5.91 Å². The first kappa shape index (κ1) is 43.0. The van der Waals surface area contributed by atoms with Crippen molar-refractivity contribution in [3.8, 4) is 33.6 Å². The summed E-state index contributed by atoms with van der Waals surface area (Å²) in [6.07, 6.45) is 6.10. The van der Waals surface area contributed by atoms with Crippen molar-refractivity contribution in [1.82, 2.24) is 34.6 Å². The summed E-state index contributed by atoms with van der Waals surface area (Å²) in [6, 6.07) is 35.9. The molecule has 0 bridgehead atoms. The number of aromatic amines is 2. The van der Waals surface area contributed by atoms with Gasteiger partial charge < -0.3 is 29.1 Å². The van der Waals surface area contributed by atoms with Gasteiger partial charge >= 0.3 is 6.09 Å². The minimum atomic E-state index is -0.478. The van der Waals surface area contributed by atoms with Gasteiger partial charge in [-0.05, 0) is 79.1 Å². The Kier molecular flexibility index (Phi) is 14.8. The molecule has 6 aromatic rings. The predicted octanol–water partition coefficient (Wildman–Crippen LogP) is 9.10. The standard InChI is InChI=1S/C49H57N7O5/c1-5-26-55(48(57)47(54(2)3)41-14-10-7-11-15-41)32-44-50-30-42(52-44)39-20-16-37(17-21-39)38-18-22-40(23-19-38)43-31-51-45(53-43)33-56(46(59-4)29-35-24-27-60-28-25-35)49(58)61-34-36-12-8-6-9-13-36/h6-23,30-31,35,46-47H,5,24-29,32-34H2,1-4H3,(H,50,52)(H,51,53). The fourth-order valence-electron chi connectivity index (χ4n) is 7.92. The number of imidazole rings is 2. The predicted molar refractivity (Wildman–Crippen MR) is 237 cm³/mol. The second kappa shape index (κ2) is 20.9. The van der Waals surface area contributed by atoms with Crippen LogP contribution in [0.15, 0.2) is 122 Å². The summed E-state index contributed by atoms with van der Waals surface area (Å²) >= 11 is 0. The van der Waals surface area contributed by atoms with Crippen LogP contribution in [0.25, 0.3) is 33.6 Å². The van der Waals surface area contributed by atoms with Crippen LogP contribution in [0.3, 0.4) is 0 Å². The number of amides is 2. The minimum Gasteiger partial charge on any atom is -0.444 e. The molecule has 61 heavy (non-hydrogen) atoms. The highest BCUT2D eigenvalue weighted by atomic mass is 16.6. The zero-order valence-corrected chi connectivity index (χ0v) is 35.6. The molecule has 12 heteroatoms. The molecule has 1 aliphatic heterocycles. The number of hydrogen-bond acceptors (Lipinski definition) is 8. The fourth-order valence-corrected chi connectivity index (χ4v) is 7.92. The Morgan fingerprint density at radius 1 is 0.754 bits per heavy atom. The fraction of sp³-hybridized carbons (Fsp3) is 0.347. The highest BCUT2D eigenvalue weighted by molar-refractivity contribution is 5.83. The maximum absolute atomic E-state index is 13.9. The highest BCUT2D eigenvalue weighted by Crippen LogP contribution is 2.29. The SMILES string of the molecule is CCCN(Cc1ncc(-c2ccc(-c3ccc(-c4cnc(CN(C(=O)OCc5ccccc5)C(CC5CCOCC5)OC)[nH]4)cc3)cc2)[nH]1)C(=O)C(c1ccccc1)N(C)C. The Morgan fingerprint density at radius 2 is 1.30 bits per heavy atom. The van der Waals surface area contributed by atoms with E-state index >= 15 is 0 Å². The number of H-pyrrole nitrogens is 2. The van der Waals surface area contributed by atoms with E-state index in [9.17, 15) is 9.59 Å². The maximum atomic E-state index is 13.9. The molecule has 0 radical (unpaired) electrons. The lowest BCUT2D eigenvalue weighted by atomic mass is 9.95. The number of benzene rings is 4. The molecule has 12 nitrogen and oxygen atoms in total. The van der Waals surface area contributed by atoms with Crippen molar-refractivity contribution in [3.63, 3.8) is 0 Å². The molecular weight excluding hydrogens is 767 g/mol. The summed E-state index contributed by atoms with van der Waals surface area (Å²) in [5, 5.41) is 0. The van der Waals surface area contributed by atoms with Gasteiger partial charge in [0.05, 0.1) is 36.9 Å². The molecule has 0 aliphatic carbocycles. The Morgan fingerprint density at radius 3 is 1.84 bits per heavy atom. The molecule has 1 aliphatic rings. The number of carbonyl (C=O) groups excluding carboxylic acids is 2. The number of hydrogen-bond donors (Lipinski definition) is 2. The molecule has 1 saturated heterocycles. The first-order valence-electron chi connectivity index (χ1n) is 21.2. The normalized spacial score (nSPS) is 14.1. The van der Waals surface area contributed by atoms with Gasteiger partial charge in [-0.15, -0.1) is 0 Å². The number of ether oxygens (including phenoxy) is 3. The molecule has 4 aromatic carbocycles. The molecular formula is C49H57N7O5. The van der Waals surface area contributed by atoms with Crippen LogP contribution in [0.1, 0.15) is 61.4 Å². The van der Waals surface area contributed by atoms with Gasteiger partial charge in [0, 0.05) is 26.9 Å². The molecule has 2 atom stereocenters. The van der Waals surface area contributed by atoms with Crippen molar-refractivity contribution in [3.05, 3.63) is 144 Å². The molecule has 1 fully saturated rings. The number of methoxy groups -OCH3 is 1. The number of nitrogens with one attached hydrogen (secondary N) is 2. The van der Waals surface area contributed by atoms with Crippen molar-refractivity contribution in [2.45, 2.75) is 64.6 Å². The van der Waals surface area contributed by atoms with Gasteiger partial charge in [0.15, 0.2) is 0 Å². The summed E-state index contributed by atoms with van der Waals surface area (Å²) < 4.78 is 17.3. The zero-order chi connectivity index (χ0) is 42.6. The molecule has 7 rings (SSSR count). The van der Waals surface area contributed by atoms with E-state index < -0.39 is 12.3 Å². The maximum Gasteiger partial charge on any atom is 0.412 e. The van der Waals surface area contributed by atoms with Crippen molar-refractivity contribution < 1.29 is 23.8 Å². The van der Waals surface area contributed by atoms with E-state index in [2.05, 4.69) is 75.4 Å². The average molecular weight is 824 g/mol. The summed E-state index contributed by atoms with van der Waals surface area (Å²) in [5.41, 5.74) is 7.77. The van der Waals surface area contributed by atoms with E-state index in [-0.39, 0.29) is 25.1 Å². The van der Waals surface area contributed by atoms with Gasteiger partial charge in [-0.25, -0.2) is 14.8 Å². The van der Waals surface area contributed by atoms with Crippen molar-refractivity contribution >= 4 is 12.0 Å². The second-order valence-electron chi connectivity index (χ2n) is 15.8. The van der Waals surface area contributed by atoms with Gasteiger partial charge in [0.25, 0.3) is 0 Å². The highest BCUT2D eigenvalue weighted by Gasteiger charge is 2.30. The quantitative estimate of drug-likeness (QED) is 0.0822. The van der Waals surface area contributed by atoms with E-state index in [1.807, 2.05) is 90.8 Å². The molecule has 2 unspecified atom stereocenters. The zero-order valence-electron chi connectivity index (χ0n) is 35.6. The number of aromatic nitrogens is 4. The summed E-state index contributed by atoms with van der Waals surface area (Å²) in [6.45, 7) is 4.93. The number of rotatable bonds is 18. The van der Waals surface area contributed by atoms with Crippen molar-refractivity contribution in [2.75, 3.05) is 41.0 Å². The molecule has 2 amide bonds. The Balaban J connectivity index is 0.994. The largest absolute Gasteiger partial charge is 0.444 e. The van der Waals surface area contributed by atoms with Crippen LogP contribution in [0.5, 0.6) is 0 Å². The van der Waals surface area contributed by atoms with Crippen LogP contribution in [-0.2, 0) is 38.7 Å². The molecule has 2 N–H and O–H groups in total. The lowest BCUT2D eigenvalue weighted by molar-refractivity contribution is -0.137.